The van der Waals surface area contributed by atoms with Crippen LogP contribution in [0.5, 0.6) is 11.8 Å². The zero-order valence-corrected chi connectivity index (χ0v) is 19.4. The first kappa shape index (κ1) is 21.1. The molecule has 1 N–H and O–H groups in total. The van der Waals surface area contributed by atoms with Crippen LogP contribution in [0.25, 0.3) is 32.9 Å². The van der Waals surface area contributed by atoms with Crippen molar-refractivity contribution in [2.24, 2.45) is 11.8 Å². The summed E-state index contributed by atoms with van der Waals surface area (Å²) in [7, 11) is 1.50. The molecule has 1 saturated carbocycles. The van der Waals surface area contributed by atoms with E-state index in [0.29, 0.717) is 28.6 Å². The van der Waals surface area contributed by atoms with Gasteiger partial charge in [0.05, 0.1) is 12.5 Å². The number of phenols is 1. The Morgan fingerprint density at radius 3 is 2.68 bits per heavy atom. The number of ether oxygens (including phenoxy) is 1. The molecule has 4 aromatic rings. The predicted octanol–water partition coefficient (Wildman–Crippen LogP) is 5.50. The number of hydrogen-bond acceptors (Lipinski definition) is 6. The van der Waals surface area contributed by atoms with Crippen LogP contribution in [0.3, 0.4) is 0 Å². The van der Waals surface area contributed by atoms with Gasteiger partial charge in [0.1, 0.15) is 22.8 Å². The van der Waals surface area contributed by atoms with Gasteiger partial charge in [-0.15, -0.1) is 0 Å². The summed E-state index contributed by atoms with van der Waals surface area (Å²) in [5, 5.41) is 12.7. The predicted molar refractivity (Wildman–Crippen MR) is 131 cm³/mol. The fourth-order valence-electron chi connectivity index (χ4n) is 5.89. The molecule has 1 unspecified atom stereocenters. The molecule has 174 valence electrons. The number of aromatic nitrogens is 3. The van der Waals surface area contributed by atoms with Crippen LogP contribution in [0, 0.1) is 17.7 Å². The van der Waals surface area contributed by atoms with Crippen LogP contribution in [0.4, 0.5) is 10.2 Å². The third-order valence-corrected chi connectivity index (χ3v) is 7.42. The number of anilines is 1. The van der Waals surface area contributed by atoms with E-state index < -0.39 is 5.82 Å². The number of rotatable bonds is 4. The SMILES string of the molecule is CCc1cccc2cc(O)cc(-c3ncc4c(N5CC6CC[C@H](C6)C5)nc(OC)nc4c3F)c12. The molecular weight excluding hydrogens is 431 g/mol. The highest BCUT2D eigenvalue weighted by Gasteiger charge is 2.34. The molecule has 6 nitrogen and oxygen atoms in total. The van der Waals surface area contributed by atoms with E-state index in [-0.39, 0.29) is 23.0 Å². The van der Waals surface area contributed by atoms with Gasteiger partial charge in [-0.05, 0) is 66.0 Å². The lowest BCUT2D eigenvalue weighted by Gasteiger charge is -2.33. The minimum atomic E-state index is -0.530. The van der Waals surface area contributed by atoms with E-state index in [2.05, 4.69) is 26.8 Å². The number of hydrogen-bond donors (Lipinski definition) is 1. The van der Waals surface area contributed by atoms with Crippen LogP contribution in [-0.4, -0.2) is 40.3 Å². The molecule has 2 atom stereocenters. The van der Waals surface area contributed by atoms with Gasteiger partial charge >= 0.3 is 6.01 Å². The van der Waals surface area contributed by atoms with Gasteiger partial charge in [-0.2, -0.15) is 9.97 Å². The Morgan fingerprint density at radius 1 is 1.15 bits per heavy atom. The average molecular weight is 459 g/mol. The maximum atomic E-state index is 16.2. The van der Waals surface area contributed by atoms with E-state index >= 15 is 4.39 Å². The number of aromatic hydroxyl groups is 1. The zero-order chi connectivity index (χ0) is 23.4. The summed E-state index contributed by atoms with van der Waals surface area (Å²) >= 11 is 0. The molecule has 34 heavy (non-hydrogen) atoms. The monoisotopic (exact) mass is 458 g/mol. The second kappa shape index (κ2) is 8.08. The largest absolute Gasteiger partial charge is 0.508 e. The van der Waals surface area contributed by atoms with Crippen molar-refractivity contribution in [3.63, 3.8) is 0 Å². The third-order valence-electron chi connectivity index (χ3n) is 7.42. The van der Waals surface area contributed by atoms with Crippen LogP contribution in [0.1, 0.15) is 31.7 Å². The van der Waals surface area contributed by atoms with Crippen molar-refractivity contribution < 1.29 is 14.2 Å². The van der Waals surface area contributed by atoms with Crippen LogP contribution in [0.2, 0.25) is 0 Å². The maximum Gasteiger partial charge on any atom is 0.318 e. The average Bonchev–Trinajstić information content (AvgIpc) is 3.20. The molecule has 2 aromatic carbocycles. The Kier molecular flexibility index (Phi) is 5.01. The summed E-state index contributed by atoms with van der Waals surface area (Å²) in [6, 6.07) is 9.32. The first-order valence-corrected chi connectivity index (χ1v) is 12.0. The molecule has 0 amide bonds. The number of pyridine rings is 1. The molecule has 0 radical (unpaired) electrons. The van der Waals surface area contributed by atoms with Crippen molar-refractivity contribution in [1.29, 1.82) is 0 Å². The standard InChI is InChI=1S/C27H27FN4O2/c1-3-17-5-4-6-18-10-19(33)11-20(22(17)18)24-23(28)25-21(12-29-24)26(31-27(30-25)34-2)32-13-15-7-8-16(9-15)14-32/h4-6,10-12,15-16,33H,3,7-9,13-14H2,1-2H3/t15-,16?/m1/s1. The number of nitrogens with zero attached hydrogens (tertiary/aromatic N) is 4. The lowest BCUT2D eigenvalue weighted by molar-refractivity contribution is 0.378. The molecule has 1 saturated heterocycles. The van der Waals surface area contributed by atoms with Gasteiger partial charge in [-0.3, -0.25) is 4.98 Å². The molecule has 3 heterocycles. The Morgan fingerprint density at radius 2 is 1.94 bits per heavy atom. The van der Waals surface area contributed by atoms with Gasteiger partial charge in [-0.1, -0.05) is 25.1 Å². The molecule has 2 bridgehead atoms. The molecule has 6 rings (SSSR count). The van der Waals surface area contributed by atoms with Crippen molar-refractivity contribution in [3.05, 3.63) is 47.9 Å². The highest BCUT2D eigenvalue weighted by atomic mass is 19.1. The minimum Gasteiger partial charge on any atom is -0.508 e. The van der Waals surface area contributed by atoms with Crippen molar-refractivity contribution in [1.82, 2.24) is 15.0 Å². The van der Waals surface area contributed by atoms with E-state index in [1.54, 1.807) is 18.3 Å². The molecule has 1 aliphatic carbocycles. The molecule has 2 aromatic heterocycles. The second-order valence-electron chi connectivity index (χ2n) is 9.53. The summed E-state index contributed by atoms with van der Waals surface area (Å²) in [5.74, 6) is 1.53. The first-order valence-electron chi connectivity index (χ1n) is 12.0. The van der Waals surface area contributed by atoms with Gasteiger partial charge in [0.2, 0.25) is 0 Å². The number of aryl methyl sites for hydroxylation is 1. The summed E-state index contributed by atoms with van der Waals surface area (Å²) in [6.07, 6.45) is 6.19. The molecule has 7 heteroatoms. The van der Waals surface area contributed by atoms with Gasteiger partial charge in [0.15, 0.2) is 5.82 Å². The fraction of sp³-hybridized carbons (Fsp3) is 0.370. The van der Waals surface area contributed by atoms with Gasteiger partial charge in [0.25, 0.3) is 0 Å². The first-order chi connectivity index (χ1) is 16.6. The van der Waals surface area contributed by atoms with E-state index in [1.807, 2.05) is 18.2 Å². The molecule has 2 fully saturated rings. The third kappa shape index (κ3) is 3.33. The topological polar surface area (TPSA) is 71.4 Å². The fourth-order valence-corrected chi connectivity index (χ4v) is 5.89. The Labute approximate surface area is 197 Å². The molecule has 1 aliphatic heterocycles. The number of benzene rings is 2. The van der Waals surface area contributed by atoms with Crippen LogP contribution in [0.15, 0.2) is 36.5 Å². The number of fused-ring (bicyclic) bond motifs is 4. The van der Waals surface area contributed by atoms with Crippen LogP contribution in [-0.2, 0) is 6.42 Å². The minimum absolute atomic E-state index is 0.0711. The van der Waals surface area contributed by atoms with E-state index in [0.717, 1.165) is 35.8 Å². The summed E-state index contributed by atoms with van der Waals surface area (Å²) in [6.45, 7) is 3.88. The van der Waals surface area contributed by atoms with E-state index in [9.17, 15) is 5.11 Å². The number of phenolic OH excluding ortho intramolecular Hbond substituents is 1. The molecular formula is C27H27FN4O2. The normalized spacial score (nSPS) is 19.8. The van der Waals surface area contributed by atoms with E-state index in [4.69, 9.17) is 4.74 Å². The Balaban J connectivity index is 1.57. The van der Waals surface area contributed by atoms with Gasteiger partial charge in [0, 0.05) is 24.8 Å². The van der Waals surface area contributed by atoms with Crippen molar-refractivity contribution in [3.8, 4) is 23.0 Å². The lowest BCUT2D eigenvalue weighted by atomic mass is 9.95. The number of piperidine rings is 1. The molecule has 0 spiro atoms. The van der Waals surface area contributed by atoms with Gasteiger partial charge < -0.3 is 14.7 Å². The summed E-state index contributed by atoms with van der Waals surface area (Å²) in [4.78, 5) is 15.8. The smallest absolute Gasteiger partial charge is 0.318 e. The quantitative estimate of drug-likeness (QED) is 0.436. The lowest BCUT2D eigenvalue weighted by Crippen LogP contribution is -2.37. The van der Waals surface area contributed by atoms with Crippen molar-refractivity contribution in [2.75, 3.05) is 25.1 Å². The maximum absolute atomic E-state index is 16.2. The highest BCUT2D eigenvalue weighted by molar-refractivity contribution is 6.01. The Hall–Kier alpha value is -3.48. The summed E-state index contributed by atoms with van der Waals surface area (Å²) in [5.41, 5.74) is 1.98. The van der Waals surface area contributed by atoms with Crippen molar-refractivity contribution in [2.45, 2.75) is 32.6 Å². The van der Waals surface area contributed by atoms with Gasteiger partial charge in [-0.25, -0.2) is 4.39 Å². The molecule has 2 aliphatic rings. The van der Waals surface area contributed by atoms with Crippen LogP contribution < -0.4 is 9.64 Å². The van der Waals surface area contributed by atoms with Crippen LogP contribution >= 0.6 is 0 Å². The zero-order valence-electron chi connectivity index (χ0n) is 19.4. The summed E-state index contributed by atoms with van der Waals surface area (Å²) < 4.78 is 21.5. The number of halogens is 1. The Bertz CT molecular complexity index is 1410. The van der Waals surface area contributed by atoms with E-state index in [1.165, 1.54) is 26.4 Å². The van der Waals surface area contributed by atoms with Crippen molar-refractivity contribution >= 4 is 27.5 Å². The number of methoxy groups -OCH3 is 1. The highest BCUT2D eigenvalue weighted by Crippen LogP contribution is 2.41. The second-order valence-corrected chi connectivity index (χ2v) is 9.53.